The zero-order valence-corrected chi connectivity index (χ0v) is 20.4. The molecule has 0 rings (SSSR count). The van der Waals surface area contributed by atoms with E-state index in [1.165, 1.54) is 0 Å². The molecule has 0 aliphatic carbocycles. The van der Waals surface area contributed by atoms with Crippen LogP contribution in [0.3, 0.4) is 0 Å². The van der Waals surface area contributed by atoms with Gasteiger partial charge in [0.1, 0.15) is 0 Å². The summed E-state index contributed by atoms with van der Waals surface area (Å²) in [4.78, 5) is 0. The fourth-order valence-corrected chi connectivity index (χ4v) is 3.60. The molecule has 0 aromatic heterocycles. The maximum Gasteiger partial charge on any atom is 0.460 e. The fourth-order valence-electron chi connectivity index (χ4n) is 2.49. The Morgan fingerprint density at radius 3 is 0.619 bits per heavy atom. The Balaban J connectivity index is 6.50. The van der Waals surface area contributed by atoms with Crippen LogP contribution in [-0.4, -0.2) is 75.5 Å². The lowest BCUT2D eigenvalue weighted by Crippen LogP contribution is -2.70. The van der Waals surface area contributed by atoms with Crippen molar-refractivity contribution < 1.29 is 114 Å². The molecule has 0 aromatic rings. The summed E-state index contributed by atoms with van der Waals surface area (Å²) in [5.74, 6) is -81.4. The van der Waals surface area contributed by atoms with E-state index in [0.29, 0.717) is 0 Å². The molecule has 0 aliphatic heterocycles. The summed E-state index contributed by atoms with van der Waals surface area (Å²) in [6, 6.07) is 0. The molecule has 0 fully saturated rings. The van der Waals surface area contributed by atoms with Gasteiger partial charge in [-0.25, -0.2) is 0 Å². The Labute approximate surface area is 225 Å². The van der Waals surface area contributed by atoms with Gasteiger partial charge in [-0.15, -0.1) is 0 Å². The first-order chi connectivity index (χ1) is 17.6. The van der Waals surface area contributed by atoms with Crippen molar-refractivity contribution in [2.45, 2.75) is 88.3 Å². The minimum absolute atomic E-state index is 0.319. The monoisotopic (exact) mass is 806 g/mol. The summed E-state index contributed by atoms with van der Waals surface area (Å²) in [5, 5.41) is 0. The maximum atomic E-state index is 13.7. The third-order valence-corrected chi connectivity index (χ3v) is 5.83. The topological polar surface area (TPSA) is 0 Å². The summed E-state index contributed by atoms with van der Waals surface area (Å²) < 4.78 is 334. The molecule has 27 heteroatoms. The molecule has 0 radical (unpaired) electrons. The molecule has 254 valence electrons. The zero-order valence-electron chi connectivity index (χ0n) is 18.2. The highest BCUT2D eigenvalue weighted by molar-refractivity contribution is 14.1. The van der Waals surface area contributed by atoms with Crippen LogP contribution < -0.4 is 0 Å². The van der Waals surface area contributed by atoms with E-state index in [9.17, 15) is 114 Å². The highest BCUT2D eigenvalue weighted by Crippen LogP contribution is 2.63. The van der Waals surface area contributed by atoms with Crippen molar-refractivity contribution >= 4 is 22.6 Å². The molecule has 0 atom stereocenters. The first kappa shape index (κ1) is 40.9. The number of hydrogen-bond donors (Lipinski definition) is 0. The molecule has 0 amide bonds. The lowest BCUT2D eigenvalue weighted by molar-refractivity contribution is -0.441. The van der Waals surface area contributed by atoms with Gasteiger partial charge in [0.15, 0.2) is 0 Å². The molecule has 0 bridgehead atoms. The van der Waals surface area contributed by atoms with Crippen LogP contribution in [0.25, 0.3) is 0 Å². The van der Waals surface area contributed by atoms with Crippen LogP contribution in [0, 0.1) is 0 Å². The first-order valence-corrected chi connectivity index (χ1v) is 10.4. The van der Waals surface area contributed by atoms with Gasteiger partial charge < -0.3 is 0 Å². The van der Waals surface area contributed by atoms with Gasteiger partial charge in [0.05, 0.1) is 0 Å². The molecule has 0 aliphatic rings. The van der Waals surface area contributed by atoms with Crippen LogP contribution in [0.4, 0.5) is 114 Å². The normalized spacial score (nSPS) is 16.9. The Morgan fingerprint density at radius 2 is 0.452 bits per heavy atom. The van der Waals surface area contributed by atoms with Crippen molar-refractivity contribution in [3.05, 3.63) is 0 Å². The zero-order chi connectivity index (χ0) is 35.0. The predicted molar refractivity (Wildman–Crippen MR) is 88.6 cm³/mol. The standard InChI is InChI=1S/C15H5F26I/c16-4(17,6(20,21)8(24,25)10(28,29)12(32,33)14(36,37)38)1-3(42)2-5(18,19)7(22,23)9(26,27)11(30,31)13(34,35)15(39,40)41/h3H,1-2H2. The summed E-state index contributed by atoms with van der Waals surface area (Å²) in [6.45, 7) is 0. The van der Waals surface area contributed by atoms with Gasteiger partial charge in [-0.2, -0.15) is 114 Å². The Bertz CT molecular complexity index is 876. The van der Waals surface area contributed by atoms with Gasteiger partial charge in [0.25, 0.3) is 0 Å². The van der Waals surface area contributed by atoms with Crippen LogP contribution in [0.15, 0.2) is 0 Å². The molecule has 0 spiro atoms. The molecule has 0 N–H and O–H groups in total. The van der Waals surface area contributed by atoms with Crippen molar-refractivity contribution in [3.63, 3.8) is 0 Å². The van der Waals surface area contributed by atoms with Gasteiger partial charge in [-0.1, -0.05) is 22.6 Å². The predicted octanol–water partition coefficient (Wildman–Crippen LogP) is 10.0. The van der Waals surface area contributed by atoms with E-state index in [-0.39, 0.29) is 22.6 Å². The summed E-state index contributed by atoms with van der Waals surface area (Å²) in [7, 11) is 0. The van der Waals surface area contributed by atoms with Gasteiger partial charge in [-0.05, 0) is 0 Å². The third-order valence-electron chi connectivity index (χ3n) is 4.95. The molecular formula is C15H5F26I. The smallest absolute Gasteiger partial charge is 0.200 e. The minimum atomic E-state index is -8.51. The number of alkyl halides is 27. The lowest BCUT2D eigenvalue weighted by Gasteiger charge is -2.41. The van der Waals surface area contributed by atoms with Crippen LogP contribution in [0.1, 0.15) is 12.8 Å². The van der Waals surface area contributed by atoms with Crippen molar-refractivity contribution in [1.29, 1.82) is 0 Å². The number of hydrogen-bond acceptors (Lipinski definition) is 0. The fraction of sp³-hybridized carbons (Fsp3) is 1.00. The lowest BCUT2D eigenvalue weighted by atomic mass is 9.89. The van der Waals surface area contributed by atoms with E-state index < -0.39 is 88.3 Å². The average Bonchev–Trinajstić information content (AvgIpc) is 2.69. The molecular weight excluding hydrogens is 801 g/mol. The third kappa shape index (κ3) is 5.72. The Hall–Kier alpha value is -1.09. The van der Waals surface area contributed by atoms with Gasteiger partial charge in [-0.3, -0.25) is 0 Å². The molecule has 42 heavy (non-hydrogen) atoms. The highest BCUT2D eigenvalue weighted by Gasteiger charge is 2.92. The Morgan fingerprint density at radius 1 is 0.286 bits per heavy atom. The average molecular weight is 806 g/mol. The van der Waals surface area contributed by atoms with Crippen LogP contribution in [0.2, 0.25) is 0 Å². The highest BCUT2D eigenvalue weighted by atomic mass is 127. The van der Waals surface area contributed by atoms with Crippen LogP contribution in [0.5, 0.6) is 0 Å². The van der Waals surface area contributed by atoms with E-state index in [2.05, 4.69) is 0 Å². The van der Waals surface area contributed by atoms with E-state index >= 15 is 0 Å². The SMILES string of the molecule is FC(F)(F)C(F)(F)C(F)(F)C(F)(F)C(F)(F)C(F)(F)CC(I)CC(F)(F)C(F)(F)C(F)(F)C(F)(F)C(F)(F)C(F)(F)F. The second-order valence-electron chi connectivity index (χ2n) is 8.01. The van der Waals surface area contributed by atoms with Crippen LogP contribution >= 0.6 is 22.6 Å². The van der Waals surface area contributed by atoms with Crippen molar-refractivity contribution in [3.8, 4) is 0 Å². The minimum Gasteiger partial charge on any atom is -0.200 e. The summed E-state index contributed by atoms with van der Waals surface area (Å²) in [6.07, 6.45) is -23.3. The second kappa shape index (κ2) is 10.5. The number of rotatable bonds is 12. The van der Waals surface area contributed by atoms with E-state index in [1.807, 2.05) is 0 Å². The molecule has 0 saturated heterocycles. The van der Waals surface area contributed by atoms with Gasteiger partial charge in [0.2, 0.25) is 0 Å². The second-order valence-corrected chi connectivity index (χ2v) is 9.77. The van der Waals surface area contributed by atoms with Gasteiger partial charge >= 0.3 is 71.6 Å². The first-order valence-electron chi connectivity index (χ1n) is 9.16. The van der Waals surface area contributed by atoms with Crippen LogP contribution in [-0.2, 0) is 0 Å². The Kier molecular flexibility index (Phi) is 10.2. The van der Waals surface area contributed by atoms with E-state index in [1.54, 1.807) is 0 Å². The van der Waals surface area contributed by atoms with Crippen molar-refractivity contribution in [2.75, 3.05) is 0 Å². The molecule has 0 nitrogen and oxygen atoms in total. The summed E-state index contributed by atoms with van der Waals surface area (Å²) >= 11 is -0.319. The van der Waals surface area contributed by atoms with Crippen molar-refractivity contribution in [1.82, 2.24) is 0 Å². The largest absolute Gasteiger partial charge is 0.460 e. The van der Waals surface area contributed by atoms with Crippen molar-refractivity contribution in [2.24, 2.45) is 0 Å². The molecule has 0 unspecified atom stereocenters. The number of halogens is 27. The molecule has 0 heterocycles. The van der Waals surface area contributed by atoms with E-state index in [4.69, 9.17) is 0 Å². The quantitative estimate of drug-likeness (QED) is 0.105. The molecule has 0 saturated carbocycles. The van der Waals surface area contributed by atoms with E-state index in [0.717, 1.165) is 0 Å². The summed E-state index contributed by atoms with van der Waals surface area (Å²) in [5.41, 5.74) is 0. The van der Waals surface area contributed by atoms with Gasteiger partial charge in [0, 0.05) is 16.8 Å². The maximum absolute atomic E-state index is 13.7. The molecule has 0 aromatic carbocycles.